The number of ether oxygens (including phenoxy) is 1. The highest BCUT2D eigenvalue weighted by Gasteiger charge is 2.32. The normalized spacial score (nSPS) is 14.4. The molecule has 33 heavy (non-hydrogen) atoms. The van der Waals surface area contributed by atoms with E-state index in [1.54, 1.807) is 37.5 Å². The van der Waals surface area contributed by atoms with E-state index in [4.69, 9.17) is 4.74 Å². The maximum atomic E-state index is 13.4. The average molecular weight is 462 g/mol. The van der Waals surface area contributed by atoms with E-state index in [0.29, 0.717) is 22.3 Å². The molecule has 0 fully saturated rings. The summed E-state index contributed by atoms with van der Waals surface area (Å²) in [5, 5.41) is 3.14. The number of carbonyl (C=O) groups excluding carboxylic acids is 2. The van der Waals surface area contributed by atoms with Gasteiger partial charge in [0.05, 0.1) is 18.6 Å². The van der Waals surface area contributed by atoms with Crippen molar-refractivity contribution in [3.63, 3.8) is 0 Å². The Kier molecular flexibility index (Phi) is 6.85. The van der Waals surface area contributed by atoms with Gasteiger partial charge in [0.25, 0.3) is 5.91 Å². The molecule has 1 N–H and O–H groups in total. The third-order valence-electron chi connectivity index (χ3n) is 4.70. The predicted octanol–water partition coefficient (Wildman–Crippen LogP) is 4.95. The van der Waals surface area contributed by atoms with Crippen molar-refractivity contribution in [2.75, 3.05) is 23.1 Å². The van der Waals surface area contributed by atoms with Crippen LogP contribution in [0.15, 0.2) is 89.6 Å². The minimum atomic E-state index is -0.408. The molecule has 2 amide bonds. The van der Waals surface area contributed by atoms with Crippen molar-refractivity contribution < 1.29 is 18.7 Å². The van der Waals surface area contributed by atoms with Crippen LogP contribution in [0, 0.1) is 5.82 Å². The van der Waals surface area contributed by atoms with Gasteiger partial charge in [-0.2, -0.15) is 0 Å². The van der Waals surface area contributed by atoms with Gasteiger partial charge in [-0.1, -0.05) is 48.2 Å². The first kappa shape index (κ1) is 22.3. The zero-order chi connectivity index (χ0) is 23.2. The van der Waals surface area contributed by atoms with Crippen LogP contribution in [0.2, 0.25) is 0 Å². The first-order chi connectivity index (χ1) is 16.0. The third-order valence-corrected chi connectivity index (χ3v) is 5.64. The van der Waals surface area contributed by atoms with Gasteiger partial charge in [0.1, 0.15) is 17.3 Å². The first-order valence-corrected chi connectivity index (χ1v) is 11.0. The number of anilines is 2. The fourth-order valence-corrected chi connectivity index (χ4v) is 3.96. The lowest BCUT2D eigenvalue weighted by atomic mass is 10.2. The zero-order valence-electron chi connectivity index (χ0n) is 17.7. The summed E-state index contributed by atoms with van der Waals surface area (Å²) in [5.74, 6) is -0.359. The van der Waals surface area contributed by atoms with Crippen LogP contribution >= 0.6 is 11.8 Å². The van der Waals surface area contributed by atoms with Crippen molar-refractivity contribution in [3.05, 3.63) is 95.9 Å². The molecule has 0 unspecified atom stereocenters. The lowest BCUT2D eigenvalue weighted by Gasteiger charge is -2.17. The SMILES string of the molecule is COc1cccc(NC(=O)CSC2=N/C(=C\c3ccccc3)C(=O)N2c2ccc(F)cc2)c1. The molecule has 0 radical (unpaired) electrons. The monoisotopic (exact) mass is 461 g/mol. The summed E-state index contributed by atoms with van der Waals surface area (Å²) < 4.78 is 18.6. The number of halogens is 1. The molecule has 0 saturated heterocycles. The van der Waals surface area contributed by atoms with Gasteiger partial charge in [-0.05, 0) is 48.0 Å². The molecule has 0 atom stereocenters. The standard InChI is InChI=1S/C25H20FN3O3S/c1-32-21-9-5-8-19(15-21)27-23(30)16-33-25-28-22(14-17-6-3-2-4-7-17)24(31)29(25)20-12-10-18(26)11-13-20/h2-15H,16H2,1H3,(H,27,30)/b22-14-. The second-order valence-electron chi connectivity index (χ2n) is 7.02. The van der Waals surface area contributed by atoms with Gasteiger partial charge in [0, 0.05) is 11.8 Å². The Bertz CT molecular complexity index is 1230. The molecule has 1 heterocycles. The maximum absolute atomic E-state index is 13.4. The number of hydrogen-bond acceptors (Lipinski definition) is 5. The van der Waals surface area contributed by atoms with Crippen LogP contribution in [0.5, 0.6) is 5.75 Å². The van der Waals surface area contributed by atoms with Crippen LogP contribution < -0.4 is 15.0 Å². The van der Waals surface area contributed by atoms with Gasteiger partial charge in [-0.15, -0.1) is 0 Å². The minimum absolute atomic E-state index is 0.0274. The fourth-order valence-electron chi connectivity index (χ4n) is 3.15. The first-order valence-electron chi connectivity index (χ1n) is 10.1. The van der Waals surface area contributed by atoms with E-state index in [1.807, 2.05) is 30.3 Å². The number of aliphatic imine (C=N–C) groups is 1. The number of nitrogens with one attached hydrogen (secondary N) is 1. The summed E-state index contributed by atoms with van der Waals surface area (Å²) in [4.78, 5) is 31.5. The Morgan fingerprint density at radius 1 is 1.09 bits per heavy atom. The van der Waals surface area contributed by atoms with Crippen LogP contribution in [0.25, 0.3) is 6.08 Å². The highest BCUT2D eigenvalue weighted by molar-refractivity contribution is 8.14. The second kappa shape index (κ2) is 10.1. The van der Waals surface area contributed by atoms with E-state index >= 15 is 0 Å². The number of amidine groups is 1. The molecule has 0 aliphatic carbocycles. The molecule has 4 rings (SSSR count). The van der Waals surface area contributed by atoms with Crippen LogP contribution in [0.4, 0.5) is 15.8 Å². The number of carbonyl (C=O) groups is 2. The van der Waals surface area contributed by atoms with E-state index in [9.17, 15) is 14.0 Å². The molecule has 1 aliphatic rings. The molecular weight excluding hydrogens is 441 g/mol. The van der Waals surface area contributed by atoms with Crippen molar-refractivity contribution >= 4 is 46.2 Å². The largest absolute Gasteiger partial charge is 0.497 e. The smallest absolute Gasteiger partial charge is 0.283 e. The molecule has 3 aromatic carbocycles. The lowest BCUT2D eigenvalue weighted by Crippen LogP contribution is -2.31. The molecule has 6 nitrogen and oxygen atoms in total. The molecule has 1 aliphatic heterocycles. The Morgan fingerprint density at radius 3 is 2.58 bits per heavy atom. The fraction of sp³-hybridized carbons (Fsp3) is 0.0800. The van der Waals surface area contributed by atoms with Crippen LogP contribution in [0.1, 0.15) is 5.56 Å². The van der Waals surface area contributed by atoms with Crippen molar-refractivity contribution in [1.82, 2.24) is 0 Å². The average Bonchev–Trinajstić information content (AvgIpc) is 3.14. The van der Waals surface area contributed by atoms with E-state index in [1.165, 1.54) is 29.2 Å². The van der Waals surface area contributed by atoms with Crippen LogP contribution in [-0.2, 0) is 9.59 Å². The predicted molar refractivity (Wildman–Crippen MR) is 130 cm³/mol. The summed E-state index contributed by atoms with van der Waals surface area (Å²) in [6.45, 7) is 0. The molecule has 8 heteroatoms. The van der Waals surface area contributed by atoms with Crippen molar-refractivity contribution in [1.29, 1.82) is 0 Å². The number of hydrogen-bond donors (Lipinski definition) is 1. The summed E-state index contributed by atoms with van der Waals surface area (Å²) in [5.41, 5.74) is 2.13. The van der Waals surface area contributed by atoms with E-state index in [2.05, 4.69) is 10.3 Å². The van der Waals surface area contributed by atoms with E-state index in [-0.39, 0.29) is 23.3 Å². The number of thioether (sulfide) groups is 1. The highest BCUT2D eigenvalue weighted by atomic mass is 32.2. The second-order valence-corrected chi connectivity index (χ2v) is 7.96. The van der Waals surface area contributed by atoms with Crippen molar-refractivity contribution in [3.8, 4) is 5.75 Å². The quantitative estimate of drug-likeness (QED) is 0.528. The summed E-state index contributed by atoms with van der Waals surface area (Å²) in [6.07, 6.45) is 1.68. The molecule has 0 bridgehead atoms. The van der Waals surface area contributed by atoms with Crippen molar-refractivity contribution in [2.24, 2.45) is 4.99 Å². The Labute approximate surface area is 194 Å². The van der Waals surface area contributed by atoms with Crippen LogP contribution in [0.3, 0.4) is 0 Å². The number of methoxy groups -OCH3 is 1. The van der Waals surface area contributed by atoms with Gasteiger partial charge < -0.3 is 10.1 Å². The number of amides is 2. The zero-order valence-corrected chi connectivity index (χ0v) is 18.5. The van der Waals surface area contributed by atoms with E-state index < -0.39 is 5.82 Å². The molecule has 166 valence electrons. The minimum Gasteiger partial charge on any atom is -0.497 e. The topological polar surface area (TPSA) is 71.0 Å². The molecule has 3 aromatic rings. The summed E-state index contributed by atoms with van der Waals surface area (Å²) in [6, 6.07) is 21.9. The van der Waals surface area contributed by atoms with Gasteiger partial charge in [0.2, 0.25) is 5.91 Å². The molecular formula is C25H20FN3O3S. The molecule has 0 saturated carbocycles. The molecule has 0 spiro atoms. The number of benzene rings is 3. The number of nitrogens with zero attached hydrogens (tertiary/aromatic N) is 2. The van der Waals surface area contributed by atoms with E-state index in [0.717, 1.165) is 17.3 Å². The highest BCUT2D eigenvalue weighted by Crippen LogP contribution is 2.29. The Hall–Kier alpha value is -3.91. The van der Waals surface area contributed by atoms with Gasteiger partial charge in [0.15, 0.2) is 5.17 Å². The van der Waals surface area contributed by atoms with Gasteiger partial charge >= 0.3 is 0 Å². The van der Waals surface area contributed by atoms with Crippen LogP contribution in [-0.4, -0.2) is 29.8 Å². The van der Waals surface area contributed by atoms with Crippen molar-refractivity contribution in [2.45, 2.75) is 0 Å². The lowest BCUT2D eigenvalue weighted by molar-refractivity contribution is -0.114. The Morgan fingerprint density at radius 2 is 1.85 bits per heavy atom. The third kappa shape index (κ3) is 5.48. The summed E-state index contributed by atoms with van der Waals surface area (Å²) in [7, 11) is 1.55. The Balaban J connectivity index is 1.54. The number of rotatable bonds is 6. The maximum Gasteiger partial charge on any atom is 0.283 e. The van der Waals surface area contributed by atoms with Gasteiger partial charge in [-0.3, -0.25) is 14.5 Å². The summed E-state index contributed by atoms with van der Waals surface area (Å²) >= 11 is 1.12. The van der Waals surface area contributed by atoms with Gasteiger partial charge in [-0.25, -0.2) is 9.38 Å². The molecule has 0 aromatic heterocycles.